The van der Waals surface area contributed by atoms with E-state index in [1.165, 1.54) is 0 Å². The molecule has 0 aliphatic rings. The first-order valence-electron chi connectivity index (χ1n) is 4.39. The minimum Gasteiger partial charge on any atom is -0.463 e. The fraction of sp³-hybridized carbons (Fsp3) is 0. The average Bonchev–Trinajstić information content (AvgIpc) is 2.87. The Morgan fingerprint density at radius 3 is 3.00 bits per heavy atom. The Balaban J connectivity index is 2.33. The molecule has 3 aromatic heterocycles. The van der Waals surface area contributed by atoms with Crippen molar-refractivity contribution in [3.05, 3.63) is 40.6 Å². The number of nitrogens with zero attached hydrogens (tertiary/aromatic N) is 3. The Morgan fingerprint density at radius 2 is 2.27 bits per heavy atom. The second-order valence-electron chi connectivity index (χ2n) is 3.02. The minimum atomic E-state index is 0.688. The van der Waals surface area contributed by atoms with E-state index in [-0.39, 0.29) is 0 Å². The van der Waals surface area contributed by atoms with Crippen LogP contribution >= 0.6 is 22.6 Å². The lowest BCUT2D eigenvalue weighted by Crippen LogP contribution is -1.87. The number of halogens is 1. The molecule has 0 aromatic carbocycles. The van der Waals surface area contributed by atoms with Crippen molar-refractivity contribution in [1.29, 1.82) is 0 Å². The van der Waals surface area contributed by atoms with Gasteiger partial charge >= 0.3 is 0 Å². The van der Waals surface area contributed by atoms with Crippen LogP contribution in [0.2, 0.25) is 0 Å². The van der Waals surface area contributed by atoms with Gasteiger partial charge in [0.25, 0.3) is 0 Å². The fourth-order valence-corrected chi connectivity index (χ4v) is 2.19. The van der Waals surface area contributed by atoms with E-state index in [4.69, 9.17) is 4.42 Å². The number of furan rings is 1. The van der Waals surface area contributed by atoms with E-state index >= 15 is 0 Å². The number of hydrogen-bond acceptors (Lipinski definition) is 3. The lowest BCUT2D eigenvalue weighted by molar-refractivity contribution is 0.580. The molecule has 0 aliphatic heterocycles. The lowest BCUT2D eigenvalue weighted by atomic mass is 10.4. The summed E-state index contributed by atoms with van der Waals surface area (Å²) in [6.45, 7) is 0. The third-order valence-corrected chi connectivity index (χ3v) is 3.13. The maximum atomic E-state index is 5.32. The van der Waals surface area contributed by atoms with Gasteiger partial charge in [-0.3, -0.25) is 4.40 Å². The largest absolute Gasteiger partial charge is 0.463 e. The first-order chi connectivity index (χ1) is 7.36. The van der Waals surface area contributed by atoms with E-state index in [1.54, 1.807) is 12.5 Å². The highest BCUT2D eigenvalue weighted by Crippen LogP contribution is 2.24. The molecule has 0 aliphatic carbocycles. The predicted molar refractivity (Wildman–Crippen MR) is 63.4 cm³/mol. The molecular formula is C10H6IN3O. The van der Waals surface area contributed by atoms with Crippen molar-refractivity contribution < 1.29 is 4.42 Å². The summed E-state index contributed by atoms with van der Waals surface area (Å²) in [6, 6.07) is 5.62. The molecule has 15 heavy (non-hydrogen) atoms. The van der Waals surface area contributed by atoms with Crippen molar-refractivity contribution in [2.45, 2.75) is 0 Å². The van der Waals surface area contributed by atoms with Gasteiger partial charge < -0.3 is 4.42 Å². The monoisotopic (exact) mass is 311 g/mol. The van der Waals surface area contributed by atoms with Gasteiger partial charge in [0.05, 0.1) is 6.26 Å². The number of fused-ring (bicyclic) bond motifs is 1. The quantitative estimate of drug-likeness (QED) is 0.649. The van der Waals surface area contributed by atoms with Crippen molar-refractivity contribution in [3.8, 4) is 11.5 Å². The van der Waals surface area contributed by atoms with Crippen molar-refractivity contribution in [3.63, 3.8) is 0 Å². The Labute approximate surface area is 99.1 Å². The van der Waals surface area contributed by atoms with Gasteiger partial charge in [0.1, 0.15) is 9.39 Å². The summed E-state index contributed by atoms with van der Waals surface area (Å²) >= 11 is 2.24. The summed E-state index contributed by atoms with van der Waals surface area (Å²) in [6.07, 6.45) is 5.30. The third kappa shape index (κ3) is 1.34. The molecule has 74 valence electrons. The first kappa shape index (κ1) is 8.90. The molecule has 0 bridgehead atoms. The summed E-state index contributed by atoms with van der Waals surface area (Å²) in [5, 5.41) is 0. The van der Waals surface area contributed by atoms with Crippen LogP contribution in [0.1, 0.15) is 0 Å². The number of hydrogen-bond donors (Lipinski definition) is 0. The topological polar surface area (TPSA) is 43.3 Å². The van der Waals surface area contributed by atoms with E-state index in [1.807, 2.05) is 28.8 Å². The van der Waals surface area contributed by atoms with E-state index in [9.17, 15) is 0 Å². The molecule has 4 nitrogen and oxygen atoms in total. The van der Waals surface area contributed by atoms with E-state index in [0.717, 1.165) is 15.2 Å². The second kappa shape index (κ2) is 3.34. The van der Waals surface area contributed by atoms with Gasteiger partial charge in [-0.05, 0) is 40.8 Å². The molecule has 0 fully saturated rings. The zero-order valence-corrected chi connectivity index (χ0v) is 9.75. The highest BCUT2D eigenvalue weighted by molar-refractivity contribution is 14.1. The molecule has 3 aromatic rings. The number of imidazole rings is 1. The van der Waals surface area contributed by atoms with Gasteiger partial charge in [0.15, 0.2) is 5.76 Å². The van der Waals surface area contributed by atoms with Crippen molar-refractivity contribution in [2.24, 2.45) is 0 Å². The highest BCUT2D eigenvalue weighted by Gasteiger charge is 2.13. The van der Waals surface area contributed by atoms with Crippen molar-refractivity contribution in [2.75, 3.05) is 0 Å². The summed E-state index contributed by atoms with van der Waals surface area (Å²) in [7, 11) is 0. The predicted octanol–water partition coefficient (Wildman–Crippen LogP) is 2.59. The summed E-state index contributed by atoms with van der Waals surface area (Å²) in [5.41, 5.74) is 0.833. The molecule has 0 amide bonds. The number of rotatable bonds is 1. The highest BCUT2D eigenvalue weighted by atomic mass is 127. The van der Waals surface area contributed by atoms with Gasteiger partial charge in [0, 0.05) is 12.4 Å². The zero-order valence-electron chi connectivity index (χ0n) is 7.59. The molecule has 0 radical (unpaired) electrons. The van der Waals surface area contributed by atoms with Crippen LogP contribution in [0.3, 0.4) is 0 Å². The van der Waals surface area contributed by atoms with Crippen LogP contribution in [-0.2, 0) is 0 Å². The van der Waals surface area contributed by atoms with Crippen LogP contribution in [0.15, 0.2) is 41.3 Å². The van der Waals surface area contributed by atoms with Crippen molar-refractivity contribution in [1.82, 2.24) is 14.4 Å². The van der Waals surface area contributed by atoms with Crippen LogP contribution in [-0.4, -0.2) is 14.4 Å². The Hall–Kier alpha value is -1.37. The number of aromatic nitrogens is 3. The van der Waals surface area contributed by atoms with Crippen LogP contribution < -0.4 is 0 Å². The van der Waals surface area contributed by atoms with Crippen LogP contribution in [0.4, 0.5) is 0 Å². The van der Waals surface area contributed by atoms with Crippen LogP contribution in [0.25, 0.3) is 17.2 Å². The van der Waals surface area contributed by atoms with E-state index < -0.39 is 0 Å². The van der Waals surface area contributed by atoms with Gasteiger partial charge in [-0.1, -0.05) is 0 Å². The van der Waals surface area contributed by atoms with Crippen LogP contribution in [0.5, 0.6) is 0 Å². The standard InChI is InChI=1S/C10H6IN3O/c11-9-8(7-3-1-6-15-7)13-10-12-4-2-5-14(9)10/h1-6H. The molecule has 0 saturated carbocycles. The van der Waals surface area contributed by atoms with Crippen molar-refractivity contribution >= 4 is 28.4 Å². The van der Waals surface area contributed by atoms with E-state index in [2.05, 4.69) is 32.6 Å². The third-order valence-electron chi connectivity index (χ3n) is 2.10. The Morgan fingerprint density at radius 1 is 1.33 bits per heavy atom. The molecular weight excluding hydrogens is 305 g/mol. The Kier molecular flexibility index (Phi) is 1.98. The molecule has 0 spiro atoms. The maximum absolute atomic E-state index is 5.32. The average molecular weight is 311 g/mol. The van der Waals surface area contributed by atoms with Gasteiger partial charge in [0.2, 0.25) is 5.78 Å². The molecule has 5 heteroatoms. The molecule has 0 unspecified atom stereocenters. The maximum Gasteiger partial charge on any atom is 0.235 e. The lowest BCUT2D eigenvalue weighted by Gasteiger charge is -1.92. The first-order valence-corrected chi connectivity index (χ1v) is 5.46. The normalized spacial score (nSPS) is 11.0. The fourth-order valence-electron chi connectivity index (χ4n) is 1.43. The molecule has 3 rings (SSSR count). The van der Waals surface area contributed by atoms with Gasteiger partial charge in [-0.2, -0.15) is 0 Å². The second-order valence-corrected chi connectivity index (χ2v) is 4.04. The molecule has 0 saturated heterocycles. The summed E-state index contributed by atoms with van der Waals surface area (Å²) < 4.78 is 8.26. The SMILES string of the molecule is Ic1c(-c2ccco2)nc2ncccn12. The molecule has 0 N–H and O–H groups in total. The van der Waals surface area contributed by atoms with Gasteiger partial charge in [-0.25, -0.2) is 9.97 Å². The summed E-state index contributed by atoms with van der Waals surface area (Å²) in [4.78, 5) is 8.58. The van der Waals surface area contributed by atoms with E-state index in [0.29, 0.717) is 5.78 Å². The molecule has 3 heterocycles. The zero-order chi connectivity index (χ0) is 10.3. The Bertz CT molecular complexity index is 600. The molecule has 0 atom stereocenters. The summed E-state index contributed by atoms with van der Waals surface area (Å²) in [5.74, 6) is 1.46. The van der Waals surface area contributed by atoms with Gasteiger partial charge in [-0.15, -0.1) is 0 Å². The van der Waals surface area contributed by atoms with Crippen LogP contribution in [0, 0.1) is 3.70 Å². The smallest absolute Gasteiger partial charge is 0.235 e. The minimum absolute atomic E-state index is 0.688.